The van der Waals surface area contributed by atoms with Crippen molar-refractivity contribution in [1.29, 1.82) is 0 Å². The van der Waals surface area contributed by atoms with E-state index in [0.29, 0.717) is 24.6 Å². The lowest BCUT2D eigenvalue weighted by Gasteiger charge is -2.25. The number of ether oxygens (including phenoxy) is 2. The normalized spacial score (nSPS) is 11.3. The summed E-state index contributed by atoms with van der Waals surface area (Å²) >= 11 is 0. The number of rotatable bonds is 9. The van der Waals surface area contributed by atoms with Gasteiger partial charge in [0.1, 0.15) is 16.4 Å². The van der Waals surface area contributed by atoms with Gasteiger partial charge in [0.2, 0.25) is 10.0 Å². The van der Waals surface area contributed by atoms with Crippen LogP contribution in [-0.2, 0) is 16.6 Å². The van der Waals surface area contributed by atoms with Gasteiger partial charge in [-0.2, -0.15) is 4.31 Å². The van der Waals surface area contributed by atoms with Crippen LogP contribution in [0.25, 0.3) is 0 Å². The van der Waals surface area contributed by atoms with Gasteiger partial charge in [0.25, 0.3) is 0 Å². The van der Waals surface area contributed by atoms with E-state index in [0.717, 1.165) is 5.56 Å². The van der Waals surface area contributed by atoms with Gasteiger partial charge in [-0.3, -0.25) is 0 Å². The van der Waals surface area contributed by atoms with Gasteiger partial charge >= 0.3 is 0 Å². The first-order valence-electron chi connectivity index (χ1n) is 8.29. The molecule has 0 unspecified atom stereocenters. The lowest BCUT2D eigenvalue weighted by Crippen LogP contribution is -2.36. The van der Waals surface area contributed by atoms with Crippen LogP contribution in [0.15, 0.2) is 53.4 Å². The summed E-state index contributed by atoms with van der Waals surface area (Å²) < 4.78 is 38.7. The third-order valence-corrected chi connectivity index (χ3v) is 5.85. The van der Waals surface area contributed by atoms with E-state index in [2.05, 4.69) is 0 Å². The third-order valence-electron chi connectivity index (χ3n) is 3.99. The molecule has 0 fully saturated rings. The molecular formula is C19H27ClN2O4S. The first-order valence-corrected chi connectivity index (χ1v) is 9.73. The summed E-state index contributed by atoms with van der Waals surface area (Å²) in [5.74, 6) is 0.769. The number of methoxy groups -OCH3 is 2. The molecule has 0 aromatic heterocycles. The molecule has 0 spiro atoms. The highest BCUT2D eigenvalue weighted by Gasteiger charge is 2.28. The molecule has 2 rings (SSSR count). The molecule has 0 atom stereocenters. The Morgan fingerprint density at radius 3 is 2.15 bits per heavy atom. The highest BCUT2D eigenvalue weighted by Crippen LogP contribution is 2.31. The van der Waals surface area contributed by atoms with E-state index in [-0.39, 0.29) is 23.8 Å². The zero-order valence-electron chi connectivity index (χ0n) is 16.1. The predicted octanol–water partition coefficient (Wildman–Crippen LogP) is 2.88. The van der Waals surface area contributed by atoms with Gasteiger partial charge in [-0.1, -0.05) is 30.3 Å². The molecule has 2 aromatic carbocycles. The summed E-state index contributed by atoms with van der Waals surface area (Å²) in [6.07, 6.45) is 0. The summed E-state index contributed by atoms with van der Waals surface area (Å²) in [7, 11) is 3.03. The van der Waals surface area contributed by atoms with Crippen LogP contribution < -0.4 is 9.47 Å². The number of likely N-dealkylation sites (N-methyl/N-ethyl adjacent to an activating group) is 1. The molecule has 0 radical (unpaired) electrons. The molecule has 0 aliphatic carbocycles. The molecule has 8 heteroatoms. The zero-order valence-corrected chi connectivity index (χ0v) is 17.7. The third kappa shape index (κ3) is 6.10. The van der Waals surface area contributed by atoms with Crippen molar-refractivity contribution >= 4 is 22.4 Å². The number of sulfonamides is 1. The molecule has 0 aliphatic rings. The van der Waals surface area contributed by atoms with Crippen LogP contribution in [0.1, 0.15) is 5.56 Å². The molecule has 0 N–H and O–H groups in total. The average molecular weight is 415 g/mol. The Hall–Kier alpha value is -1.80. The van der Waals surface area contributed by atoms with E-state index < -0.39 is 10.0 Å². The molecular weight excluding hydrogens is 388 g/mol. The Kier molecular flexibility index (Phi) is 9.05. The molecule has 0 heterocycles. The van der Waals surface area contributed by atoms with Crippen LogP contribution in [0.5, 0.6) is 11.5 Å². The Bertz CT molecular complexity index is 814. The van der Waals surface area contributed by atoms with Crippen LogP contribution in [0.2, 0.25) is 0 Å². The summed E-state index contributed by atoms with van der Waals surface area (Å²) in [4.78, 5) is 2.06. The second kappa shape index (κ2) is 10.5. The Morgan fingerprint density at radius 1 is 0.926 bits per heavy atom. The van der Waals surface area contributed by atoms with Crippen molar-refractivity contribution in [2.24, 2.45) is 0 Å². The fraction of sp³-hybridized carbons (Fsp3) is 0.368. The smallest absolute Gasteiger partial charge is 0.247 e. The summed E-state index contributed by atoms with van der Waals surface area (Å²) in [5, 5.41) is 0. The van der Waals surface area contributed by atoms with Crippen molar-refractivity contribution in [1.82, 2.24) is 9.21 Å². The van der Waals surface area contributed by atoms with Gasteiger partial charge in [0.05, 0.1) is 14.2 Å². The van der Waals surface area contributed by atoms with E-state index in [1.54, 1.807) is 12.1 Å². The molecule has 0 saturated heterocycles. The number of hydrogen-bond acceptors (Lipinski definition) is 5. The number of hydrogen-bond donors (Lipinski definition) is 0. The van der Waals surface area contributed by atoms with Crippen molar-refractivity contribution in [3.63, 3.8) is 0 Å². The fourth-order valence-corrected chi connectivity index (χ4v) is 4.10. The van der Waals surface area contributed by atoms with E-state index in [4.69, 9.17) is 9.47 Å². The maximum atomic E-state index is 13.4. The van der Waals surface area contributed by atoms with Crippen molar-refractivity contribution < 1.29 is 17.9 Å². The molecule has 27 heavy (non-hydrogen) atoms. The SMILES string of the molecule is COc1ccc(OC)c(S(=O)(=O)N(CCN(C)C)Cc2ccccc2)c1.Cl. The predicted molar refractivity (Wildman–Crippen MR) is 109 cm³/mol. The minimum atomic E-state index is -3.77. The fourth-order valence-electron chi connectivity index (χ4n) is 2.51. The summed E-state index contributed by atoms with van der Waals surface area (Å²) in [6.45, 7) is 1.26. The van der Waals surface area contributed by atoms with Crippen LogP contribution in [0, 0.1) is 0 Å². The van der Waals surface area contributed by atoms with Gasteiger partial charge in [0.15, 0.2) is 0 Å². The number of benzene rings is 2. The number of halogens is 1. The topological polar surface area (TPSA) is 59.1 Å². The van der Waals surface area contributed by atoms with E-state index in [1.165, 1.54) is 24.6 Å². The van der Waals surface area contributed by atoms with Gasteiger partial charge < -0.3 is 14.4 Å². The Balaban J connectivity index is 0.00000364. The number of nitrogens with zero attached hydrogens (tertiary/aromatic N) is 2. The van der Waals surface area contributed by atoms with Gasteiger partial charge in [0, 0.05) is 25.7 Å². The van der Waals surface area contributed by atoms with E-state index in [9.17, 15) is 8.42 Å². The molecule has 0 amide bonds. The van der Waals surface area contributed by atoms with Gasteiger partial charge in [-0.15, -0.1) is 12.4 Å². The first kappa shape index (κ1) is 23.2. The van der Waals surface area contributed by atoms with Crippen LogP contribution in [-0.4, -0.2) is 59.0 Å². The molecule has 150 valence electrons. The quantitative estimate of drug-likeness (QED) is 0.631. The standard InChI is InChI=1S/C19H26N2O4S.ClH/c1-20(2)12-13-21(15-16-8-6-5-7-9-16)26(22,23)19-14-17(24-3)10-11-18(19)25-4;/h5-11,14H,12-13,15H2,1-4H3;1H. The van der Waals surface area contributed by atoms with E-state index >= 15 is 0 Å². The highest BCUT2D eigenvalue weighted by atomic mass is 35.5. The van der Waals surface area contributed by atoms with E-state index in [1.807, 2.05) is 49.3 Å². The zero-order chi connectivity index (χ0) is 19.2. The van der Waals surface area contributed by atoms with Gasteiger partial charge in [-0.25, -0.2) is 8.42 Å². The molecule has 6 nitrogen and oxygen atoms in total. The molecule has 0 aliphatic heterocycles. The van der Waals surface area contributed by atoms with Crippen LogP contribution >= 0.6 is 12.4 Å². The highest BCUT2D eigenvalue weighted by molar-refractivity contribution is 7.89. The Labute approximate surface area is 168 Å². The average Bonchev–Trinajstić information content (AvgIpc) is 2.65. The minimum Gasteiger partial charge on any atom is -0.497 e. The van der Waals surface area contributed by atoms with Gasteiger partial charge in [-0.05, 0) is 31.8 Å². The maximum Gasteiger partial charge on any atom is 0.247 e. The lowest BCUT2D eigenvalue weighted by molar-refractivity contribution is 0.327. The maximum absolute atomic E-state index is 13.4. The molecule has 0 bridgehead atoms. The largest absolute Gasteiger partial charge is 0.497 e. The van der Waals surface area contributed by atoms with Crippen LogP contribution in [0.3, 0.4) is 0 Å². The first-order chi connectivity index (χ1) is 12.4. The molecule has 0 saturated carbocycles. The second-order valence-corrected chi connectivity index (χ2v) is 8.05. The van der Waals surface area contributed by atoms with Crippen LogP contribution in [0.4, 0.5) is 0 Å². The second-order valence-electron chi connectivity index (χ2n) is 6.14. The summed E-state index contributed by atoms with van der Waals surface area (Å²) in [5.41, 5.74) is 0.927. The lowest BCUT2D eigenvalue weighted by atomic mass is 10.2. The minimum absolute atomic E-state index is 0. The van der Waals surface area contributed by atoms with Crippen molar-refractivity contribution in [2.45, 2.75) is 11.4 Å². The Morgan fingerprint density at radius 2 is 1.59 bits per heavy atom. The van der Waals surface area contributed by atoms with Crippen molar-refractivity contribution in [3.8, 4) is 11.5 Å². The summed E-state index contributed by atoms with van der Waals surface area (Å²) in [6, 6.07) is 14.3. The van der Waals surface area contributed by atoms with Crippen molar-refractivity contribution in [3.05, 3.63) is 54.1 Å². The van der Waals surface area contributed by atoms with Crippen molar-refractivity contribution in [2.75, 3.05) is 41.4 Å². The molecule has 2 aromatic rings. The monoisotopic (exact) mass is 414 g/mol.